The van der Waals surface area contributed by atoms with E-state index in [1.54, 1.807) is 42.6 Å². The van der Waals surface area contributed by atoms with Gasteiger partial charge in [-0.2, -0.15) is 0 Å². The van der Waals surface area contributed by atoms with Gasteiger partial charge in [-0.25, -0.2) is 4.39 Å². The lowest BCUT2D eigenvalue weighted by atomic mass is 10.2. The van der Waals surface area contributed by atoms with Crippen LogP contribution in [0.3, 0.4) is 0 Å². The fourth-order valence-electron chi connectivity index (χ4n) is 2.21. The van der Waals surface area contributed by atoms with E-state index in [4.69, 9.17) is 0 Å². The summed E-state index contributed by atoms with van der Waals surface area (Å²) in [5, 5.41) is 5.40. The number of pyridine rings is 1. The maximum absolute atomic E-state index is 13.2. The second-order valence-corrected chi connectivity index (χ2v) is 5.24. The van der Waals surface area contributed by atoms with E-state index in [2.05, 4.69) is 15.6 Å². The van der Waals surface area contributed by atoms with Crippen molar-refractivity contribution in [3.05, 3.63) is 90.0 Å². The predicted octanol–water partition coefficient (Wildman–Crippen LogP) is 3.73. The molecule has 1 heterocycles. The SMILES string of the molecule is O=C(Nc1cccc(NC(=O)c2cccc(F)c2)c1)c1cccnc1. The van der Waals surface area contributed by atoms with Crippen LogP contribution in [0.4, 0.5) is 15.8 Å². The van der Waals surface area contributed by atoms with E-state index in [1.807, 2.05) is 0 Å². The highest BCUT2D eigenvalue weighted by Gasteiger charge is 2.09. The minimum Gasteiger partial charge on any atom is -0.322 e. The lowest BCUT2D eigenvalue weighted by Crippen LogP contribution is -2.14. The highest BCUT2D eigenvalue weighted by Crippen LogP contribution is 2.17. The number of nitrogens with zero attached hydrogens (tertiary/aromatic N) is 1. The Labute approximate surface area is 143 Å². The van der Waals surface area contributed by atoms with Gasteiger partial charge in [-0.15, -0.1) is 0 Å². The molecule has 3 aromatic rings. The summed E-state index contributed by atoms with van der Waals surface area (Å²) in [7, 11) is 0. The van der Waals surface area contributed by atoms with Gasteiger partial charge < -0.3 is 10.6 Å². The van der Waals surface area contributed by atoms with E-state index < -0.39 is 11.7 Å². The van der Waals surface area contributed by atoms with Gasteiger partial charge in [0, 0.05) is 29.3 Å². The molecule has 0 radical (unpaired) electrons. The molecule has 25 heavy (non-hydrogen) atoms. The van der Waals surface area contributed by atoms with Crippen molar-refractivity contribution in [1.29, 1.82) is 0 Å². The van der Waals surface area contributed by atoms with Gasteiger partial charge in [0.15, 0.2) is 0 Å². The number of benzene rings is 2. The molecule has 0 saturated heterocycles. The number of halogens is 1. The molecule has 0 unspecified atom stereocenters. The minimum atomic E-state index is -0.481. The van der Waals surface area contributed by atoms with Gasteiger partial charge in [0.1, 0.15) is 5.82 Å². The summed E-state index contributed by atoms with van der Waals surface area (Å²) >= 11 is 0. The molecule has 0 bridgehead atoms. The lowest BCUT2D eigenvalue weighted by molar-refractivity contribution is 0.101. The maximum Gasteiger partial charge on any atom is 0.257 e. The summed E-state index contributed by atoms with van der Waals surface area (Å²) in [5.41, 5.74) is 1.64. The molecule has 0 atom stereocenters. The fraction of sp³-hybridized carbons (Fsp3) is 0. The summed E-state index contributed by atoms with van der Waals surface area (Å²) < 4.78 is 13.2. The normalized spacial score (nSPS) is 10.1. The number of rotatable bonds is 4. The van der Waals surface area contributed by atoms with Crippen LogP contribution in [-0.4, -0.2) is 16.8 Å². The maximum atomic E-state index is 13.2. The summed E-state index contributed by atoms with van der Waals surface area (Å²) in [5.74, 6) is -1.22. The third-order valence-electron chi connectivity index (χ3n) is 3.39. The fourth-order valence-corrected chi connectivity index (χ4v) is 2.21. The highest BCUT2D eigenvalue weighted by molar-refractivity contribution is 6.06. The zero-order valence-corrected chi connectivity index (χ0v) is 13.1. The molecule has 2 amide bonds. The number of hydrogen-bond donors (Lipinski definition) is 2. The largest absolute Gasteiger partial charge is 0.322 e. The molecule has 2 aromatic carbocycles. The second-order valence-electron chi connectivity index (χ2n) is 5.24. The molecular weight excluding hydrogens is 321 g/mol. The van der Waals surface area contributed by atoms with Crippen LogP contribution < -0.4 is 10.6 Å². The van der Waals surface area contributed by atoms with Crippen LogP contribution >= 0.6 is 0 Å². The number of nitrogens with one attached hydrogen (secondary N) is 2. The summed E-state index contributed by atoms with van der Waals surface area (Å²) in [4.78, 5) is 28.2. The van der Waals surface area contributed by atoms with Gasteiger partial charge >= 0.3 is 0 Å². The Morgan fingerprint density at radius 1 is 0.800 bits per heavy atom. The van der Waals surface area contributed by atoms with Gasteiger partial charge in [0.25, 0.3) is 11.8 Å². The molecule has 0 spiro atoms. The number of anilines is 2. The number of aromatic nitrogens is 1. The van der Waals surface area contributed by atoms with E-state index >= 15 is 0 Å². The Morgan fingerprint density at radius 2 is 1.44 bits per heavy atom. The first kappa shape index (κ1) is 16.3. The highest BCUT2D eigenvalue weighted by atomic mass is 19.1. The monoisotopic (exact) mass is 335 g/mol. The smallest absolute Gasteiger partial charge is 0.257 e. The Morgan fingerprint density at radius 3 is 2.08 bits per heavy atom. The molecule has 124 valence electrons. The van der Waals surface area contributed by atoms with Crippen LogP contribution in [0, 0.1) is 5.82 Å². The molecule has 0 fully saturated rings. The molecule has 3 rings (SSSR count). The molecular formula is C19H14FN3O2. The minimum absolute atomic E-state index is 0.213. The zero-order valence-electron chi connectivity index (χ0n) is 13.1. The number of hydrogen-bond acceptors (Lipinski definition) is 3. The lowest BCUT2D eigenvalue weighted by Gasteiger charge is -2.09. The van der Waals surface area contributed by atoms with E-state index in [0.717, 1.165) is 6.07 Å². The zero-order chi connectivity index (χ0) is 17.6. The summed E-state index contributed by atoms with van der Waals surface area (Å²) in [6.45, 7) is 0. The van der Waals surface area contributed by atoms with Crippen LogP contribution in [0.2, 0.25) is 0 Å². The Bertz CT molecular complexity index is 913. The van der Waals surface area contributed by atoms with Crippen LogP contribution in [0.25, 0.3) is 0 Å². The predicted molar refractivity (Wildman–Crippen MR) is 93.0 cm³/mol. The third-order valence-corrected chi connectivity index (χ3v) is 3.39. The Hall–Kier alpha value is -3.54. The van der Waals surface area contributed by atoms with Crippen molar-refractivity contribution in [3.8, 4) is 0 Å². The van der Waals surface area contributed by atoms with E-state index in [9.17, 15) is 14.0 Å². The molecule has 5 nitrogen and oxygen atoms in total. The average molecular weight is 335 g/mol. The van der Waals surface area contributed by atoms with E-state index in [0.29, 0.717) is 16.9 Å². The Balaban J connectivity index is 1.71. The topological polar surface area (TPSA) is 71.1 Å². The quantitative estimate of drug-likeness (QED) is 0.763. The van der Waals surface area contributed by atoms with Crippen molar-refractivity contribution in [3.63, 3.8) is 0 Å². The summed E-state index contributed by atoms with van der Waals surface area (Å²) in [6.07, 6.45) is 3.05. The van der Waals surface area contributed by atoms with Gasteiger partial charge in [0.05, 0.1) is 5.56 Å². The van der Waals surface area contributed by atoms with Crippen molar-refractivity contribution < 1.29 is 14.0 Å². The molecule has 1 aromatic heterocycles. The molecule has 0 aliphatic carbocycles. The van der Waals surface area contributed by atoms with Crippen LogP contribution in [0.5, 0.6) is 0 Å². The number of amides is 2. The van der Waals surface area contributed by atoms with Gasteiger partial charge in [0.2, 0.25) is 0 Å². The first-order chi connectivity index (χ1) is 12.1. The van der Waals surface area contributed by atoms with Crippen LogP contribution in [0.1, 0.15) is 20.7 Å². The van der Waals surface area contributed by atoms with Crippen LogP contribution in [-0.2, 0) is 0 Å². The third kappa shape index (κ3) is 4.26. The van der Waals surface area contributed by atoms with Gasteiger partial charge in [-0.3, -0.25) is 14.6 Å². The Kier molecular flexibility index (Phi) is 4.80. The first-order valence-electron chi connectivity index (χ1n) is 7.50. The van der Waals surface area contributed by atoms with Crippen molar-refractivity contribution in [2.24, 2.45) is 0 Å². The molecule has 0 aliphatic rings. The van der Waals surface area contributed by atoms with E-state index in [-0.39, 0.29) is 11.5 Å². The molecule has 0 aliphatic heterocycles. The molecule has 2 N–H and O–H groups in total. The van der Waals surface area contributed by atoms with Crippen molar-refractivity contribution in [1.82, 2.24) is 4.98 Å². The number of carbonyl (C=O) groups is 2. The van der Waals surface area contributed by atoms with Crippen molar-refractivity contribution in [2.75, 3.05) is 10.6 Å². The number of carbonyl (C=O) groups excluding carboxylic acids is 2. The molecule has 6 heteroatoms. The summed E-state index contributed by atoms with van der Waals surface area (Å²) in [6, 6.07) is 15.4. The second kappa shape index (κ2) is 7.35. The van der Waals surface area contributed by atoms with E-state index in [1.165, 1.54) is 24.4 Å². The molecule has 0 saturated carbocycles. The standard InChI is InChI=1S/C19H14FN3O2/c20-15-6-1-4-13(10-15)18(24)22-16-7-2-8-17(11-16)23-19(25)14-5-3-9-21-12-14/h1-12H,(H,22,24)(H,23,25). The van der Waals surface area contributed by atoms with Gasteiger partial charge in [-0.1, -0.05) is 12.1 Å². The van der Waals surface area contributed by atoms with Crippen molar-refractivity contribution in [2.45, 2.75) is 0 Å². The first-order valence-corrected chi connectivity index (χ1v) is 7.50. The average Bonchev–Trinajstić information content (AvgIpc) is 2.63. The van der Waals surface area contributed by atoms with Gasteiger partial charge in [-0.05, 0) is 48.5 Å². The van der Waals surface area contributed by atoms with Crippen molar-refractivity contribution >= 4 is 23.2 Å². The van der Waals surface area contributed by atoms with Crippen LogP contribution in [0.15, 0.2) is 73.1 Å².